The van der Waals surface area contributed by atoms with Crippen molar-refractivity contribution >= 4 is 29.7 Å². The summed E-state index contributed by atoms with van der Waals surface area (Å²) in [4.78, 5) is 65.1. The molecule has 1 aromatic carbocycles. The molecule has 0 saturated carbocycles. The zero-order valence-electron chi connectivity index (χ0n) is 17.1. The molecule has 0 spiro atoms. The summed E-state index contributed by atoms with van der Waals surface area (Å²) in [5, 5.41) is 0. The Morgan fingerprint density at radius 3 is 2.30 bits per heavy atom. The van der Waals surface area contributed by atoms with Crippen LogP contribution < -0.4 is 0 Å². The van der Waals surface area contributed by atoms with E-state index >= 15 is 0 Å². The number of imide groups is 2. The number of benzene rings is 1. The molecule has 2 fully saturated rings. The third-order valence-electron chi connectivity index (χ3n) is 5.51. The van der Waals surface area contributed by atoms with E-state index in [4.69, 9.17) is 4.74 Å². The molecule has 0 bridgehead atoms. The number of likely N-dealkylation sites (tertiary alicyclic amines) is 1. The Bertz CT molecular complexity index is 848. The highest BCUT2D eigenvalue weighted by molar-refractivity contribution is 6.45. The van der Waals surface area contributed by atoms with E-state index in [1.807, 2.05) is 6.07 Å². The van der Waals surface area contributed by atoms with Gasteiger partial charge in [-0.15, -0.1) is 0 Å². The first-order chi connectivity index (χ1) is 14.3. The first-order valence-electron chi connectivity index (χ1n) is 10.0. The van der Waals surface area contributed by atoms with Crippen LogP contribution in [0.25, 0.3) is 0 Å². The predicted octanol–water partition coefficient (Wildman–Crippen LogP) is 1.34. The van der Waals surface area contributed by atoms with E-state index in [9.17, 15) is 24.0 Å². The van der Waals surface area contributed by atoms with Crippen molar-refractivity contribution in [3.05, 3.63) is 35.9 Å². The van der Waals surface area contributed by atoms with Crippen LogP contribution in [0, 0.1) is 5.92 Å². The van der Waals surface area contributed by atoms with E-state index in [0.717, 1.165) is 4.90 Å². The Morgan fingerprint density at radius 1 is 1.07 bits per heavy atom. The minimum absolute atomic E-state index is 0.257. The summed E-state index contributed by atoms with van der Waals surface area (Å²) in [6.07, 6.45) is 0.922. The Labute approximate surface area is 174 Å². The molecule has 30 heavy (non-hydrogen) atoms. The van der Waals surface area contributed by atoms with Crippen molar-refractivity contribution in [3.63, 3.8) is 0 Å². The molecule has 0 aliphatic carbocycles. The molecule has 9 heteroatoms. The number of urea groups is 1. The number of ether oxygens (including phenoxy) is 1. The lowest BCUT2D eigenvalue weighted by Gasteiger charge is -2.31. The van der Waals surface area contributed by atoms with E-state index in [1.54, 1.807) is 38.1 Å². The lowest BCUT2D eigenvalue weighted by Crippen LogP contribution is -2.47. The van der Waals surface area contributed by atoms with Crippen molar-refractivity contribution in [3.8, 4) is 0 Å². The first kappa shape index (κ1) is 21.5. The number of esters is 1. The average Bonchev–Trinajstić information content (AvgIpc) is 2.97. The van der Waals surface area contributed by atoms with Gasteiger partial charge >= 0.3 is 23.8 Å². The van der Waals surface area contributed by atoms with Gasteiger partial charge in [0.15, 0.2) is 0 Å². The summed E-state index contributed by atoms with van der Waals surface area (Å²) in [6, 6.07) is 7.46. The van der Waals surface area contributed by atoms with Crippen LogP contribution in [-0.2, 0) is 23.9 Å². The van der Waals surface area contributed by atoms with E-state index in [-0.39, 0.29) is 11.9 Å². The van der Waals surface area contributed by atoms with Gasteiger partial charge in [0.1, 0.15) is 6.54 Å². The van der Waals surface area contributed by atoms with Gasteiger partial charge in [0, 0.05) is 13.1 Å². The predicted molar refractivity (Wildman–Crippen MR) is 105 cm³/mol. The van der Waals surface area contributed by atoms with Crippen LogP contribution in [0.5, 0.6) is 0 Å². The maximum absolute atomic E-state index is 12.8. The number of hydrogen-bond acceptors (Lipinski definition) is 6. The maximum atomic E-state index is 12.8. The van der Waals surface area contributed by atoms with Crippen LogP contribution in [0.1, 0.15) is 38.3 Å². The molecule has 5 amide bonds. The maximum Gasteiger partial charge on any atom is 0.335 e. The fourth-order valence-electron chi connectivity index (χ4n) is 3.74. The van der Waals surface area contributed by atoms with Gasteiger partial charge in [-0.25, -0.2) is 14.6 Å². The van der Waals surface area contributed by atoms with Gasteiger partial charge in [-0.3, -0.25) is 19.2 Å². The lowest BCUT2D eigenvalue weighted by molar-refractivity contribution is -0.151. The van der Waals surface area contributed by atoms with Gasteiger partial charge < -0.3 is 9.64 Å². The number of nitrogens with zero attached hydrogens (tertiary/aromatic N) is 3. The Hall–Kier alpha value is -3.23. The van der Waals surface area contributed by atoms with Crippen LogP contribution in [0.3, 0.4) is 0 Å². The van der Waals surface area contributed by atoms with Gasteiger partial charge in [0.25, 0.3) is 0 Å². The van der Waals surface area contributed by atoms with Crippen LogP contribution in [-0.4, -0.2) is 70.7 Å². The molecule has 2 aliphatic heterocycles. The van der Waals surface area contributed by atoms with Gasteiger partial charge in [0.05, 0.1) is 18.6 Å². The Morgan fingerprint density at radius 2 is 1.70 bits per heavy atom. The van der Waals surface area contributed by atoms with E-state index in [2.05, 4.69) is 0 Å². The second-order valence-corrected chi connectivity index (χ2v) is 7.34. The summed E-state index contributed by atoms with van der Waals surface area (Å²) < 4.78 is 5.01. The standard InChI is InChI=1S/C21H25N3O6/c1-3-30-20(28)16-9-11-22(12-10-16)17(25)13-23-18(26)19(27)24(21(23)29)14(2)15-7-5-4-6-8-15/h4-8,14,16H,3,9-13H2,1-2H3. The SMILES string of the molecule is CCOC(=O)C1CCN(C(=O)CN2C(=O)C(=O)N(C(C)c3ccccc3)C2=O)CC1. The number of carbonyl (C=O) groups is 5. The topological polar surface area (TPSA) is 104 Å². The van der Waals surface area contributed by atoms with Crippen molar-refractivity contribution in [2.45, 2.75) is 32.7 Å². The third-order valence-corrected chi connectivity index (χ3v) is 5.51. The number of carbonyl (C=O) groups excluding carboxylic acids is 5. The van der Waals surface area contributed by atoms with Crippen LogP contribution in [0.15, 0.2) is 30.3 Å². The summed E-state index contributed by atoms with van der Waals surface area (Å²) >= 11 is 0. The number of amides is 5. The molecule has 2 aliphatic rings. The van der Waals surface area contributed by atoms with Crippen LogP contribution in [0.2, 0.25) is 0 Å². The molecule has 2 saturated heterocycles. The smallest absolute Gasteiger partial charge is 0.335 e. The van der Waals surface area contributed by atoms with Crippen LogP contribution in [0.4, 0.5) is 4.79 Å². The minimum Gasteiger partial charge on any atom is -0.466 e. The monoisotopic (exact) mass is 415 g/mol. The second-order valence-electron chi connectivity index (χ2n) is 7.34. The highest BCUT2D eigenvalue weighted by Gasteiger charge is 2.48. The largest absolute Gasteiger partial charge is 0.466 e. The summed E-state index contributed by atoms with van der Waals surface area (Å²) in [5.74, 6) is -2.90. The molecule has 2 heterocycles. The van der Waals surface area contributed by atoms with Crippen LogP contribution >= 0.6 is 0 Å². The van der Waals surface area contributed by atoms with Gasteiger partial charge in [-0.05, 0) is 32.3 Å². The van der Waals surface area contributed by atoms with Crippen molar-refractivity contribution < 1.29 is 28.7 Å². The van der Waals surface area contributed by atoms with Crippen molar-refractivity contribution in [1.82, 2.24) is 14.7 Å². The quantitative estimate of drug-likeness (QED) is 0.395. The molecule has 1 atom stereocenters. The lowest BCUT2D eigenvalue weighted by atomic mass is 9.97. The molecular formula is C21H25N3O6. The van der Waals surface area contributed by atoms with Crippen molar-refractivity contribution in [2.75, 3.05) is 26.2 Å². The highest BCUT2D eigenvalue weighted by Crippen LogP contribution is 2.26. The molecule has 0 aromatic heterocycles. The van der Waals surface area contributed by atoms with E-state index < -0.39 is 36.3 Å². The van der Waals surface area contributed by atoms with Crippen molar-refractivity contribution in [2.24, 2.45) is 5.92 Å². The molecule has 0 radical (unpaired) electrons. The summed E-state index contributed by atoms with van der Waals surface area (Å²) in [5.41, 5.74) is 0.709. The Balaban J connectivity index is 1.62. The molecule has 1 aromatic rings. The molecule has 160 valence electrons. The van der Waals surface area contributed by atoms with E-state index in [1.165, 1.54) is 4.90 Å². The summed E-state index contributed by atoms with van der Waals surface area (Å²) in [7, 11) is 0. The number of hydrogen-bond donors (Lipinski definition) is 0. The molecule has 3 rings (SSSR count). The third kappa shape index (κ3) is 4.19. The minimum atomic E-state index is -1.00. The zero-order chi connectivity index (χ0) is 21.8. The molecule has 9 nitrogen and oxygen atoms in total. The second kappa shape index (κ2) is 9.06. The highest BCUT2D eigenvalue weighted by atomic mass is 16.5. The van der Waals surface area contributed by atoms with Gasteiger partial charge in [-0.1, -0.05) is 30.3 Å². The molecule has 0 N–H and O–H groups in total. The number of rotatable bonds is 6. The molecule has 1 unspecified atom stereocenters. The fourth-order valence-corrected chi connectivity index (χ4v) is 3.74. The van der Waals surface area contributed by atoms with Gasteiger partial charge in [0.2, 0.25) is 5.91 Å². The summed E-state index contributed by atoms with van der Waals surface area (Å²) in [6.45, 7) is 3.87. The van der Waals surface area contributed by atoms with Gasteiger partial charge in [-0.2, -0.15) is 0 Å². The first-order valence-corrected chi connectivity index (χ1v) is 10.0. The molecular weight excluding hydrogens is 390 g/mol. The fraction of sp³-hybridized carbons (Fsp3) is 0.476. The van der Waals surface area contributed by atoms with Crippen molar-refractivity contribution in [1.29, 1.82) is 0 Å². The average molecular weight is 415 g/mol. The Kier molecular flexibility index (Phi) is 6.49. The normalized spacial score (nSPS) is 18.7. The van der Waals surface area contributed by atoms with E-state index in [0.29, 0.717) is 43.0 Å². The number of piperidine rings is 1. The zero-order valence-corrected chi connectivity index (χ0v) is 17.1.